The molecule has 9 heteroatoms. The van der Waals surface area contributed by atoms with E-state index in [9.17, 15) is 18.0 Å². The lowest BCUT2D eigenvalue weighted by atomic mass is 10.0. The highest BCUT2D eigenvalue weighted by atomic mass is 35.5. The molecule has 0 spiro atoms. The number of piperidine rings is 1. The normalized spacial score (nSPS) is 15.6. The fourth-order valence-corrected chi connectivity index (χ4v) is 4.40. The number of carbonyl (C=O) groups is 2. The van der Waals surface area contributed by atoms with Crippen LogP contribution in [-0.4, -0.2) is 50.8 Å². The molecule has 0 aliphatic carbocycles. The van der Waals surface area contributed by atoms with E-state index in [1.165, 1.54) is 12.1 Å². The maximum absolute atomic E-state index is 12.2. The lowest BCUT2D eigenvalue weighted by Gasteiger charge is -2.32. The number of nitrogens with zero attached hydrogens (tertiary/aromatic N) is 1. The van der Waals surface area contributed by atoms with Crippen LogP contribution in [0.15, 0.2) is 29.2 Å². The molecule has 0 unspecified atom stereocenters. The lowest BCUT2D eigenvalue weighted by Crippen LogP contribution is -2.47. The van der Waals surface area contributed by atoms with Crippen LogP contribution < -0.4 is 10.0 Å². The molecule has 0 saturated carbocycles. The number of sulfonamides is 1. The fraction of sp³-hybridized carbons (Fsp3) is 0.579. The number of nitrogens with one attached hydrogen (secondary N) is 2. The minimum absolute atomic E-state index is 0.00635. The molecule has 28 heavy (non-hydrogen) atoms. The van der Waals surface area contributed by atoms with Crippen molar-refractivity contribution in [3.05, 3.63) is 29.3 Å². The highest BCUT2D eigenvalue weighted by Crippen LogP contribution is 2.15. The quantitative estimate of drug-likeness (QED) is 0.661. The van der Waals surface area contributed by atoms with Crippen molar-refractivity contribution in [3.63, 3.8) is 0 Å². The van der Waals surface area contributed by atoms with Gasteiger partial charge in [0.2, 0.25) is 21.8 Å². The summed E-state index contributed by atoms with van der Waals surface area (Å²) in [6, 6.07) is 5.97. The van der Waals surface area contributed by atoms with E-state index < -0.39 is 10.0 Å². The maximum Gasteiger partial charge on any atom is 0.240 e. The molecular formula is C19H28ClN3O4S. The first-order valence-corrected chi connectivity index (χ1v) is 11.4. The highest BCUT2D eigenvalue weighted by molar-refractivity contribution is 7.89. The number of hydrogen-bond donors (Lipinski definition) is 2. The molecule has 0 atom stereocenters. The van der Waals surface area contributed by atoms with Gasteiger partial charge in [-0.3, -0.25) is 9.59 Å². The van der Waals surface area contributed by atoms with Crippen LogP contribution in [0.1, 0.15) is 39.5 Å². The van der Waals surface area contributed by atoms with Gasteiger partial charge < -0.3 is 10.2 Å². The van der Waals surface area contributed by atoms with Gasteiger partial charge in [0.1, 0.15) is 0 Å². The molecule has 2 N–H and O–H groups in total. The number of hydrogen-bond acceptors (Lipinski definition) is 4. The van der Waals surface area contributed by atoms with E-state index in [1.54, 1.807) is 12.1 Å². The first-order chi connectivity index (χ1) is 13.2. The molecule has 1 aliphatic rings. The van der Waals surface area contributed by atoms with Crippen molar-refractivity contribution in [3.8, 4) is 0 Å². The average molecular weight is 430 g/mol. The van der Waals surface area contributed by atoms with E-state index in [2.05, 4.69) is 10.0 Å². The molecule has 1 aromatic rings. The number of halogens is 1. The second kappa shape index (κ2) is 10.2. The summed E-state index contributed by atoms with van der Waals surface area (Å²) in [5, 5.41) is 3.25. The molecule has 156 valence electrons. The molecule has 1 aromatic carbocycles. The second-order valence-corrected chi connectivity index (χ2v) is 9.63. The molecule has 1 heterocycles. The summed E-state index contributed by atoms with van der Waals surface area (Å²) in [6.07, 6.45) is 2.02. The van der Waals surface area contributed by atoms with Crippen LogP contribution in [0.25, 0.3) is 0 Å². The minimum Gasteiger partial charge on any atom is -0.353 e. The Balaban J connectivity index is 1.71. The van der Waals surface area contributed by atoms with Gasteiger partial charge in [-0.25, -0.2) is 13.1 Å². The zero-order valence-corrected chi connectivity index (χ0v) is 17.9. The van der Waals surface area contributed by atoms with E-state index in [0.717, 1.165) is 0 Å². The topological polar surface area (TPSA) is 95.6 Å². The van der Waals surface area contributed by atoms with Crippen LogP contribution in [0.2, 0.25) is 5.02 Å². The molecule has 1 saturated heterocycles. The summed E-state index contributed by atoms with van der Waals surface area (Å²) < 4.78 is 26.8. The first-order valence-electron chi connectivity index (χ1n) is 9.50. The summed E-state index contributed by atoms with van der Waals surface area (Å²) in [5.74, 6) is 0.288. The third kappa shape index (κ3) is 7.07. The summed E-state index contributed by atoms with van der Waals surface area (Å²) >= 11 is 5.82. The Morgan fingerprint density at radius 3 is 2.54 bits per heavy atom. The predicted molar refractivity (Wildman–Crippen MR) is 108 cm³/mol. The van der Waals surface area contributed by atoms with Crippen molar-refractivity contribution in [2.24, 2.45) is 5.92 Å². The number of rotatable bonds is 8. The standard InChI is InChI=1S/C19H28ClN3O4S/c1-14(2)12-19(25)23-10-7-16(8-11-23)22-18(24)6-9-21-28(26,27)17-5-3-4-15(20)13-17/h3-5,13-14,16,21H,6-12H2,1-2H3,(H,22,24). The fourth-order valence-electron chi connectivity index (χ4n) is 3.07. The monoisotopic (exact) mass is 429 g/mol. The van der Waals surface area contributed by atoms with Crippen LogP contribution in [0, 0.1) is 5.92 Å². The molecule has 7 nitrogen and oxygen atoms in total. The lowest BCUT2D eigenvalue weighted by molar-refractivity contribution is -0.133. The molecule has 2 amide bonds. The number of amides is 2. The van der Waals surface area contributed by atoms with Crippen LogP contribution in [0.5, 0.6) is 0 Å². The molecular weight excluding hydrogens is 402 g/mol. The Labute approximate surface area is 171 Å². The van der Waals surface area contributed by atoms with Gasteiger partial charge in [-0.05, 0) is 37.0 Å². The molecule has 1 fully saturated rings. The summed E-state index contributed by atoms with van der Waals surface area (Å²) in [4.78, 5) is 26.1. The SMILES string of the molecule is CC(C)CC(=O)N1CCC(NC(=O)CCNS(=O)(=O)c2cccc(Cl)c2)CC1. The van der Waals surface area contributed by atoms with Crippen molar-refractivity contribution < 1.29 is 18.0 Å². The van der Waals surface area contributed by atoms with Gasteiger partial charge in [-0.1, -0.05) is 31.5 Å². The van der Waals surface area contributed by atoms with Crippen molar-refractivity contribution >= 4 is 33.4 Å². The van der Waals surface area contributed by atoms with Crippen molar-refractivity contribution in [2.45, 2.75) is 50.5 Å². The van der Waals surface area contributed by atoms with Gasteiger partial charge in [-0.15, -0.1) is 0 Å². The Morgan fingerprint density at radius 1 is 1.25 bits per heavy atom. The van der Waals surface area contributed by atoms with Crippen molar-refractivity contribution in [2.75, 3.05) is 19.6 Å². The van der Waals surface area contributed by atoms with E-state index in [0.29, 0.717) is 43.3 Å². The summed E-state index contributed by atoms with van der Waals surface area (Å²) in [6.45, 7) is 5.32. The number of carbonyl (C=O) groups excluding carboxylic acids is 2. The van der Waals surface area contributed by atoms with Gasteiger partial charge in [0.15, 0.2) is 0 Å². The Kier molecular flexibility index (Phi) is 8.27. The largest absolute Gasteiger partial charge is 0.353 e. The van der Waals surface area contributed by atoms with E-state index >= 15 is 0 Å². The van der Waals surface area contributed by atoms with Crippen molar-refractivity contribution in [1.82, 2.24) is 14.9 Å². The zero-order chi connectivity index (χ0) is 20.7. The Hall–Kier alpha value is -1.64. The predicted octanol–water partition coefficient (Wildman–Crippen LogP) is 2.16. The number of likely N-dealkylation sites (tertiary alicyclic amines) is 1. The van der Waals surface area contributed by atoms with E-state index in [1.807, 2.05) is 18.7 Å². The first kappa shape index (κ1) is 22.6. The van der Waals surface area contributed by atoms with Gasteiger partial charge in [0.25, 0.3) is 0 Å². The third-order valence-electron chi connectivity index (χ3n) is 4.55. The van der Waals surface area contributed by atoms with Crippen LogP contribution in [-0.2, 0) is 19.6 Å². The number of benzene rings is 1. The molecule has 0 radical (unpaired) electrons. The molecule has 1 aliphatic heterocycles. The molecule has 0 bridgehead atoms. The van der Waals surface area contributed by atoms with E-state index in [4.69, 9.17) is 11.6 Å². The maximum atomic E-state index is 12.2. The van der Waals surface area contributed by atoms with Crippen LogP contribution >= 0.6 is 11.6 Å². The second-order valence-electron chi connectivity index (χ2n) is 7.43. The average Bonchev–Trinajstić information content (AvgIpc) is 2.61. The summed E-state index contributed by atoms with van der Waals surface area (Å²) in [7, 11) is -3.70. The zero-order valence-electron chi connectivity index (χ0n) is 16.3. The minimum atomic E-state index is -3.70. The van der Waals surface area contributed by atoms with Crippen LogP contribution in [0.3, 0.4) is 0 Å². The highest BCUT2D eigenvalue weighted by Gasteiger charge is 2.24. The van der Waals surface area contributed by atoms with Gasteiger partial charge >= 0.3 is 0 Å². The van der Waals surface area contributed by atoms with Gasteiger partial charge in [0, 0.05) is 43.5 Å². The van der Waals surface area contributed by atoms with Crippen LogP contribution in [0.4, 0.5) is 0 Å². The molecule has 2 rings (SSSR count). The molecule has 0 aromatic heterocycles. The Morgan fingerprint density at radius 2 is 1.93 bits per heavy atom. The Bertz CT molecular complexity index is 790. The summed E-state index contributed by atoms with van der Waals surface area (Å²) in [5.41, 5.74) is 0. The smallest absolute Gasteiger partial charge is 0.240 e. The van der Waals surface area contributed by atoms with Gasteiger partial charge in [-0.2, -0.15) is 0 Å². The van der Waals surface area contributed by atoms with Gasteiger partial charge in [0.05, 0.1) is 4.90 Å². The van der Waals surface area contributed by atoms with E-state index in [-0.39, 0.29) is 35.7 Å². The van der Waals surface area contributed by atoms with Crippen molar-refractivity contribution in [1.29, 1.82) is 0 Å². The third-order valence-corrected chi connectivity index (χ3v) is 6.24.